The molecule has 2 heterocycles. The van der Waals surface area contributed by atoms with Crippen LogP contribution in [0.2, 0.25) is 0 Å². The fourth-order valence-electron chi connectivity index (χ4n) is 1.98. The molecule has 12 heteroatoms. The molecule has 0 saturated heterocycles. The number of halogens is 2. The first-order chi connectivity index (χ1) is 12.0. The van der Waals surface area contributed by atoms with E-state index in [1.807, 2.05) is 0 Å². The number of carbonyl (C=O) groups is 1. The number of hydrogen-bond acceptors (Lipinski definition) is 6. The quantitative estimate of drug-likeness (QED) is 0.489. The molecule has 0 radical (unpaired) electrons. The molecule has 0 fully saturated rings. The highest BCUT2D eigenvalue weighted by molar-refractivity contribution is 9.10. The van der Waals surface area contributed by atoms with Crippen LogP contribution in [0.4, 0.5) is 16.2 Å². The summed E-state index contributed by atoms with van der Waals surface area (Å²) in [5.41, 5.74) is 0.202. The largest absolute Gasteiger partial charge is 0.358 e. The van der Waals surface area contributed by atoms with E-state index in [-0.39, 0.29) is 28.5 Å². The lowest BCUT2D eigenvalue weighted by atomic mass is 10.2. The number of benzene rings is 1. The minimum atomic E-state index is -0.736. The molecule has 0 atom stereocenters. The Morgan fingerprint density at radius 2 is 2.20 bits per heavy atom. The number of aromatic amines is 1. The molecule has 3 rings (SSSR count). The molecule has 2 aromatic heterocycles. The van der Waals surface area contributed by atoms with Gasteiger partial charge >= 0.3 is 5.82 Å². The van der Waals surface area contributed by atoms with Gasteiger partial charge in [-0.2, -0.15) is 0 Å². The highest BCUT2D eigenvalue weighted by Gasteiger charge is 2.25. The first-order valence-corrected chi connectivity index (χ1v) is 7.57. The van der Waals surface area contributed by atoms with Gasteiger partial charge in [0.2, 0.25) is 5.95 Å². The van der Waals surface area contributed by atoms with Crippen LogP contribution in [0.5, 0.6) is 0 Å². The van der Waals surface area contributed by atoms with E-state index in [4.69, 9.17) is 0 Å². The Morgan fingerprint density at radius 3 is 2.88 bits per heavy atom. The zero-order chi connectivity index (χ0) is 18.0. The van der Waals surface area contributed by atoms with Crippen LogP contribution in [-0.4, -0.2) is 35.8 Å². The zero-order valence-electron chi connectivity index (χ0n) is 12.3. The number of H-pyrrole nitrogens is 1. The van der Waals surface area contributed by atoms with E-state index in [2.05, 4.69) is 41.5 Å². The zero-order valence-corrected chi connectivity index (χ0v) is 13.9. The van der Waals surface area contributed by atoms with Gasteiger partial charge in [-0.3, -0.25) is 10.1 Å². The van der Waals surface area contributed by atoms with Crippen molar-refractivity contribution < 1.29 is 14.1 Å². The van der Waals surface area contributed by atoms with Crippen molar-refractivity contribution >= 4 is 33.6 Å². The number of anilines is 1. The van der Waals surface area contributed by atoms with Crippen LogP contribution in [-0.2, 0) is 6.54 Å². The van der Waals surface area contributed by atoms with Crippen LogP contribution in [0.1, 0.15) is 16.1 Å². The number of hydrogen-bond donors (Lipinski definition) is 2. The molecule has 0 aliphatic heterocycles. The third kappa shape index (κ3) is 3.52. The van der Waals surface area contributed by atoms with Crippen molar-refractivity contribution in [2.24, 2.45) is 0 Å². The van der Waals surface area contributed by atoms with Gasteiger partial charge in [-0.1, -0.05) is 23.3 Å². The third-order valence-electron chi connectivity index (χ3n) is 3.14. The molecule has 0 spiro atoms. The summed E-state index contributed by atoms with van der Waals surface area (Å²) in [5, 5.41) is 22.8. The van der Waals surface area contributed by atoms with Gasteiger partial charge in [0.15, 0.2) is 5.69 Å². The van der Waals surface area contributed by atoms with Crippen molar-refractivity contribution in [3.63, 3.8) is 0 Å². The summed E-state index contributed by atoms with van der Waals surface area (Å²) in [6.07, 6.45) is 1.32. The minimum Gasteiger partial charge on any atom is -0.358 e. The molecule has 0 aliphatic rings. The van der Waals surface area contributed by atoms with E-state index in [9.17, 15) is 19.3 Å². The number of carbonyl (C=O) groups excluding carboxylic acids is 1. The molecule has 1 amide bonds. The highest BCUT2D eigenvalue weighted by atomic mass is 79.9. The Balaban J connectivity index is 1.72. The van der Waals surface area contributed by atoms with Gasteiger partial charge < -0.3 is 10.1 Å². The fraction of sp³-hybridized carbons (Fsp3) is 0.0769. The predicted octanol–water partition coefficient (Wildman–Crippen LogP) is 2.11. The third-order valence-corrected chi connectivity index (χ3v) is 3.89. The monoisotopic (exact) mass is 409 g/mol. The molecule has 128 valence electrons. The summed E-state index contributed by atoms with van der Waals surface area (Å²) in [6, 6.07) is 6.21. The second-order valence-electron chi connectivity index (χ2n) is 4.80. The van der Waals surface area contributed by atoms with E-state index in [1.54, 1.807) is 18.2 Å². The van der Waals surface area contributed by atoms with Crippen molar-refractivity contribution in [3.8, 4) is 0 Å². The van der Waals surface area contributed by atoms with Crippen LogP contribution in [0.3, 0.4) is 0 Å². The van der Waals surface area contributed by atoms with Crippen LogP contribution < -0.4 is 5.32 Å². The van der Waals surface area contributed by atoms with Gasteiger partial charge in [0.25, 0.3) is 5.91 Å². The molecule has 2 N–H and O–H groups in total. The molecule has 0 bridgehead atoms. The normalized spacial score (nSPS) is 10.6. The smallest absolute Gasteiger partial charge is 0.357 e. The summed E-state index contributed by atoms with van der Waals surface area (Å²) in [4.78, 5) is 26.0. The number of aromatic nitrogens is 5. The van der Waals surface area contributed by atoms with Gasteiger partial charge in [-0.05, 0) is 26.9 Å². The second kappa shape index (κ2) is 6.76. The van der Waals surface area contributed by atoms with Crippen molar-refractivity contribution in [2.75, 3.05) is 5.32 Å². The van der Waals surface area contributed by atoms with Gasteiger partial charge in [-0.15, -0.1) is 10.2 Å². The number of nitro groups is 1. The van der Waals surface area contributed by atoms with E-state index in [0.717, 1.165) is 0 Å². The Hall–Kier alpha value is -3.15. The maximum atomic E-state index is 13.6. The fourth-order valence-corrected chi connectivity index (χ4v) is 2.48. The maximum Gasteiger partial charge on any atom is 0.357 e. The average Bonchev–Trinajstić information content (AvgIpc) is 3.16. The first-order valence-electron chi connectivity index (χ1n) is 6.78. The molecule has 0 unspecified atom stereocenters. The molecule has 1 aromatic carbocycles. The minimum absolute atomic E-state index is 0.0427. The Morgan fingerprint density at radius 1 is 1.44 bits per heavy atom. The molecule has 0 aliphatic carbocycles. The van der Waals surface area contributed by atoms with E-state index in [0.29, 0.717) is 5.56 Å². The molecule has 25 heavy (non-hydrogen) atoms. The Bertz CT molecular complexity index is 955. The van der Waals surface area contributed by atoms with Crippen LogP contribution in [0.25, 0.3) is 0 Å². The van der Waals surface area contributed by atoms with Gasteiger partial charge in [0, 0.05) is 5.56 Å². The first kappa shape index (κ1) is 16.7. The highest BCUT2D eigenvalue weighted by Crippen LogP contribution is 2.25. The lowest BCUT2D eigenvalue weighted by Crippen LogP contribution is -2.14. The molecule has 0 saturated carbocycles. The molecular formula is C13H9BrFN7O3. The Kier molecular flexibility index (Phi) is 4.52. The van der Waals surface area contributed by atoms with Crippen molar-refractivity contribution in [1.82, 2.24) is 25.0 Å². The van der Waals surface area contributed by atoms with Crippen LogP contribution >= 0.6 is 15.9 Å². The standard InChI is InChI=1S/C13H9BrFN7O3/c14-9-10(18-19-11(9)22(24)25)12(23)17-13-16-6-21(20-13)5-7-3-1-2-4-8(7)15/h1-4,6H,5H2,(H,18,19)(H,17,20,23). The number of rotatable bonds is 5. The van der Waals surface area contributed by atoms with Crippen LogP contribution in [0, 0.1) is 15.9 Å². The number of nitrogens with zero attached hydrogens (tertiary/aromatic N) is 5. The van der Waals surface area contributed by atoms with E-state index >= 15 is 0 Å². The molecule has 10 nitrogen and oxygen atoms in total. The van der Waals surface area contributed by atoms with Crippen molar-refractivity contribution in [3.05, 3.63) is 62.3 Å². The van der Waals surface area contributed by atoms with Gasteiger partial charge in [0.05, 0.1) is 6.54 Å². The second-order valence-corrected chi connectivity index (χ2v) is 5.60. The summed E-state index contributed by atoms with van der Waals surface area (Å²) in [5.74, 6) is -1.60. The summed E-state index contributed by atoms with van der Waals surface area (Å²) < 4.78 is 14.9. The topological polar surface area (TPSA) is 132 Å². The van der Waals surface area contributed by atoms with E-state index < -0.39 is 16.6 Å². The summed E-state index contributed by atoms with van der Waals surface area (Å²) >= 11 is 2.94. The van der Waals surface area contributed by atoms with Crippen molar-refractivity contribution in [2.45, 2.75) is 6.54 Å². The lowest BCUT2D eigenvalue weighted by molar-refractivity contribution is -0.390. The summed E-state index contributed by atoms with van der Waals surface area (Å²) in [6.45, 7) is 0.132. The van der Waals surface area contributed by atoms with Crippen molar-refractivity contribution in [1.29, 1.82) is 0 Å². The SMILES string of the molecule is O=C(Nc1ncn(Cc2ccccc2F)n1)c1n[nH]c([N+](=O)[O-])c1Br. The van der Waals surface area contributed by atoms with Gasteiger partial charge in [-0.25, -0.2) is 14.1 Å². The maximum absolute atomic E-state index is 13.6. The molecular weight excluding hydrogens is 401 g/mol. The average molecular weight is 410 g/mol. The number of amides is 1. The van der Waals surface area contributed by atoms with E-state index in [1.165, 1.54) is 17.1 Å². The molecule has 3 aromatic rings. The predicted molar refractivity (Wildman–Crippen MR) is 86.4 cm³/mol. The van der Waals surface area contributed by atoms with Gasteiger partial charge in [0.1, 0.15) is 16.6 Å². The lowest BCUT2D eigenvalue weighted by Gasteiger charge is -2.02. The Labute approximate surface area is 147 Å². The van der Waals surface area contributed by atoms with Crippen LogP contribution in [0.15, 0.2) is 35.1 Å². The number of nitrogens with one attached hydrogen (secondary N) is 2. The summed E-state index contributed by atoms with van der Waals surface area (Å²) in [7, 11) is 0.